The third-order valence-electron chi connectivity index (χ3n) is 4.56. The topological polar surface area (TPSA) is 72.1 Å². The number of aromatic nitrogens is 4. The highest BCUT2D eigenvalue weighted by molar-refractivity contribution is 14.0. The van der Waals surface area contributed by atoms with Gasteiger partial charge in [-0.15, -0.1) is 24.0 Å². The van der Waals surface area contributed by atoms with Crippen molar-refractivity contribution in [2.24, 2.45) is 12.0 Å². The number of aliphatic imine (C=N–C) groups is 1. The van der Waals surface area contributed by atoms with Gasteiger partial charge in [-0.05, 0) is 44.5 Å². The summed E-state index contributed by atoms with van der Waals surface area (Å²) in [5.74, 6) is 0.802. The predicted octanol–water partition coefficient (Wildman–Crippen LogP) is 3.10. The van der Waals surface area contributed by atoms with Gasteiger partial charge in [0.15, 0.2) is 5.96 Å². The Morgan fingerprint density at radius 1 is 1.14 bits per heavy atom. The van der Waals surface area contributed by atoms with Crippen LogP contribution in [0.3, 0.4) is 0 Å². The van der Waals surface area contributed by atoms with Crippen molar-refractivity contribution in [3.05, 3.63) is 65.2 Å². The van der Waals surface area contributed by atoms with E-state index in [0.29, 0.717) is 13.1 Å². The smallest absolute Gasteiger partial charge is 0.191 e. The van der Waals surface area contributed by atoms with Crippen LogP contribution >= 0.6 is 24.0 Å². The van der Waals surface area contributed by atoms with E-state index < -0.39 is 0 Å². The maximum Gasteiger partial charge on any atom is 0.191 e. The van der Waals surface area contributed by atoms with E-state index in [-0.39, 0.29) is 24.0 Å². The summed E-state index contributed by atoms with van der Waals surface area (Å²) < 4.78 is 3.76. The van der Waals surface area contributed by atoms with Gasteiger partial charge in [0.25, 0.3) is 0 Å². The normalized spacial score (nSPS) is 11.2. The third-order valence-corrected chi connectivity index (χ3v) is 4.56. The molecule has 0 saturated heterocycles. The maximum absolute atomic E-state index is 4.70. The molecule has 0 bridgehead atoms. The zero-order valence-corrected chi connectivity index (χ0v) is 19.1. The number of guanidine groups is 1. The second kappa shape index (κ2) is 10.3. The number of aryl methyl sites for hydroxylation is 2. The average Bonchev–Trinajstić information content (AvgIpc) is 3.28. The Bertz CT molecular complexity index is 896. The number of halogens is 1. The molecule has 0 unspecified atom stereocenters. The first kappa shape index (κ1) is 21.9. The van der Waals surface area contributed by atoms with Crippen molar-refractivity contribution in [3.63, 3.8) is 0 Å². The zero-order chi connectivity index (χ0) is 19.2. The van der Waals surface area contributed by atoms with Crippen LogP contribution in [0, 0.1) is 13.8 Å². The van der Waals surface area contributed by atoms with Crippen LogP contribution in [0.1, 0.15) is 29.4 Å². The molecule has 1 aromatic carbocycles. The molecule has 8 heteroatoms. The molecule has 150 valence electrons. The quantitative estimate of drug-likeness (QED) is 0.315. The van der Waals surface area contributed by atoms with Gasteiger partial charge >= 0.3 is 0 Å². The molecule has 3 aromatic rings. The van der Waals surface area contributed by atoms with Gasteiger partial charge in [0.2, 0.25) is 0 Å². The van der Waals surface area contributed by atoms with Gasteiger partial charge in [0.05, 0.1) is 17.9 Å². The van der Waals surface area contributed by atoms with Gasteiger partial charge < -0.3 is 10.6 Å². The molecule has 0 atom stereocenters. The summed E-state index contributed by atoms with van der Waals surface area (Å²) in [5, 5.41) is 15.4. The van der Waals surface area contributed by atoms with E-state index in [4.69, 9.17) is 4.99 Å². The lowest BCUT2D eigenvalue weighted by Gasteiger charge is -2.12. The zero-order valence-electron chi connectivity index (χ0n) is 16.8. The first-order valence-corrected chi connectivity index (χ1v) is 9.18. The highest BCUT2D eigenvalue weighted by Crippen LogP contribution is 2.12. The monoisotopic (exact) mass is 493 g/mol. The van der Waals surface area contributed by atoms with Crippen LogP contribution in [-0.4, -0.2) is 32.1 Å². The van der Waals surface area contributed by atoms with Crippen LogP contribution in [0.2, 0.25) is 0 Å². The van der Waals surface area contributed by atoms with E-state index in [9.17, 15) is 0 Å². The number of hydrogen-bond acceptors (Lipinski definition) is 3. The van der Waals surface area contributed by atoms with Crippen molar-refractivity contribution < 1.29 is 0 Å². The Morgan fingerprint density at radius 2 is 1.89 bits per heavy atom. The molecular weight excluding hydrogens is 465 g/mol. The molecule has 28 heavy (non-hydrogen) atoms. The molecule has 3 rings (SSSR count). The molecule has 0 amide bonds. The fourth-order valence-corrected chi connectivity index (χ4v) is 2.93. The van der Waals surface area contributed by atoms with Gasteiger partial charge in [-0.2, -0.15) is 10.2 Å². The Balaban J connectivity index is 0.00000280. The second-order valence-corrected chi connectivity index (χ2v) is 6.44. The van der Waals surface area contributed by atoms with E-state index in [1.807, 2.05) is 35.6 Å². The summed E-state index contributed by atoms with van der Waals surface area (Å²) >= 11 is 0. The molecule has 2 aromatic heterocycles. The Kier molecular flexibility index (Phi) is 8.04. The largest absolute Gasteiger partial charge is 0.357 e. The predicted molar refractivity (Wildman–Crippen MR) is 123 cm³/mol. The molecule has 2 N–H and O–H groups in total. The highest BCUT2D eigenvalue weighted by Gasteiger charge is 2.09. The lowest BCUT2D eigenvalue weighted by atomic mass is 10.2. The van der Waals surface area contributed by atoms with Gasteiger partial charge in [-0.25, -0.2) is 9.67 Å². The molecule has 7 nitrogen and oxygen atoms in total. The van der Waals surface area contributed by atoms with Gasteiger partial charge in [-0.1, -0.05) is 12.1 Å². The molecule has 0 saturated carbocycles. The molecule has 0 fully saturated rings. The summed E-state index contributed by atoms with van der Waals surface area (Å²) in [6.45, 7) is 8.32. The Labute approximate surface area is 183 Å². The molecule has 0 aliphatic heterocycles. The average molecular weight is 493 g/mol. The van der Waals surface area contributed by atoms with Gasteiger partial charge in [-0.3, -0.25) is 4.68 Å². The molecule has 0 radical (unpaired) electrons. The molecular formula is C20H28IN7. The highest BCUT2D eigenvalue weighted by atomic mass is 127. The van der Waals surface area contributed by atoms with Crippen molar-refractivity contribution in [1.29, 1.82) is 0 Å². The Hall–Kier alpha value is -2.36. The number of nitrogens with zero attached hydrogens (tertiary/aromatic N) is 5. The lowest BCUT2D eigenvalue weighted by Crippen LogP contribution is -2.37. The number of rotatable bonds is 6. The van der Waals surface area contributed by atoms with Gasteiger partial charge in [0.1, 0.15) is 0 Å². The Morgan fingerprint density at radius 3 is 2.46 bits per heavy atom. The molecule has 2 heterocycles. The van der Waals surface area contributed by atoms with Crippen molar-refractivity contribution in [1.82, 2.24) is 30.2 Å². The minimum Gasteiger partial charge on any atom is -0.357 e. The van der Waals surface area contributed by atoms with E-state index >= 15 is 0 Å². The molecule has 0 aliphatic carbocycles. The van der Waals surface area contributed by atoms with E-state index in [0.717, 1.165) is 29.4 Å². The van der Waals surface area contributed by atoms with Crippen LogP contribution in [0.15, 0.2) is 47.7 Å². The van der Waals surface area contributed by atoms with E-state index in [2.05, 4.69) is 58.9 Å². The van der Waals surface area contributed by atoms with Crippen molar-refractivity contribution in [2.45, 2.75) is 33.9 Å². The van der Waals surface area contributed by atoms with Crippen LogP contribution in [0.5, 0.6) is 0 Å². The van der Waals surface area contributed by atoms with Crippen LogP contribution < -0.4 is 10.6 Å². The van der Waals surface area contributed by atoms with E-state index in [1.54, 1.807) is 6.20 Å². The molecule has 0 spiro atoms. The van der Waals surface area contributed by atoms with Crippen LogP contribution in [0.4, 0.5) is 0 Å². The second-order valence-electron chi connectivity index (χ2n) is 6.44. The lowest BCUT2D eigenvalue weighted by molar-refractivity contribution is 0.728. The van der Waals surface area contributed by atoms with Crippen molar-refractivity contribution in [2.75, 3.05) is 6.54 Å². The summed E-state index contributed by atoms with van der Waals surface area (Å²) in [6, 6.07) is 10.2. The summed E-state index contributed by atoms with van der Waals surface area (Å²) in [4.78, 5) is 4.70. The number of hydrogen-bond donors (Lipinski definition) is 2. The van der Waals surface area contributed by atoms with E-state index in [1.165, 1.54) is 11.3 Å². The van der Waals surface area contributed by atoms with Crippen LogP contribution in [0.25, 0.3) is 5.69 Å². The molecule has 0 aliphatic rings. The number of nitrogens with one attached hydrogen (secondary N) is 2. The minimum atomic E-state index is 0. The van der Waals surface area contributed by atoms with Crippen LogP contribution in [-0.2, 0) is 20.1 Å². The van der Waals surface area contributed by atoms with Crippen molar-refractivity contribution >= 4 is 29.9 Å². The van der Waals surface area contributed by atoms with Gasteiger partial charge in [0, 0.05) is 43.8 Å². The first-order valence-electron chi connectivity index (χ1n) is 9.18. The first-order chi connectivity index (χ1) is 13.1. The third kappa shape index (κ3) is 5.34. The van der Waals surface area contributed by atoms with Crippen molar-refractivity contribution in [3.8, 4) is 5.69 Å². The summed E-state index contributed by atoms with van der Waals surface area (Å²) in [5.41, 5.74) is 5.63. The number of benzene rings is 1. The summed E-state index contributed by atoms with van der Waals surface area (Å²) in [7, 11) is 1.97. The minimum absolute atomic E-state index is 0. The maximum atomic E-state index is 4.70. The summed E-state index contributed by atoms with van der Waals surface area (Å²) in [6.07, 6.45) is 3.71. The standard InChI is InChI=1S/C20H27N7.HI/c1-5-21-20(23-14-19-15(2)25-26(4)16(19)3)22-13-17-7-9-18(10-8-17)27-12-6-11-24-27;/h6-12H,5,13-14H2,1-4H3,(H2,21,22,23);1H. The fourth-order valence-electron chi connectivity index (χ4n) is 2.93. The SMILES string of the molecule is CCNC(=NCc1ccc(-n2cccn2)cc1)NCc1c(C)nn(C)c1C.I. The fraction of sp³-hybridized carbons (Fsp3) is 0.350.